The average Bonchev–Trinajstić information content (AvgIpc) is 2.19. The Morgan fingerprint density at radius 3 is 2.56 bits per heavy atom. The van der Waals surface area contributed by atoms with Crippen molar-refractivity contribution in [3.8, 4) is 0 Å². The first-order chi connectivity index (χ1) is 7.47. The Bertz CT molecular complexity index is 242. The van der Waals surface area contributed by atoms with Crippen LogP contribution in [-0.4, -0.2) is 48.3 Å². The van der Waals surface area contributed by atoms with Crippen LogP contribution in [0.4, 0.5) is 0 Å². The van der Waals surface area contributed by atoms with Crippen molar-refractivity contribution >= 4 is 5.97 Å². The van der Waals surface area contributed by atoms with Gasteiger partial charge in [0.1, 0.15) is 6.04 Å². The number of rotatable bonds is 4. The van der Waals surface area contributed by atoms with Crippen molar-refractivity contribution in [1.82, 2.24) is 4.90 Å². The van der Waals surface area contributed by atoms with Crippen LogP contribution in [0.2, 0.25) is 0 Å². The van der Waals surface area contributed by atoms with Crippen LogP contribution >= 0.6 is 0 Å². The predicted molar refractivity (Wildman–Crippen MR) is 62.4 cm³/mol. The first-order valence-corrected chi connectivity index (χ1v) is 5.97. The molecule has 16 heavy (non-hydrogen) atoms. The molecule has 0 bridgehead atoms. The fourth-order valence-electron chi connectivity index (χ4n) is 2.48. The lowest BCUT2D eigenvalue weighted by Gasteiger charge is -2.40. The molecule has 0 aromatic rings. The molecule has 1 rings (SSSR count). The molecule has 1 heterocycles. The van der Waals surface area contributed by atoms with E-state index < -0.39 is 5.97 Å². The van der Waals surface area contributed by atoms with Crippen molar-refractivity contribution in [3.05, 3.63) is 0 Å². The topological polar surface area (TPSA) is 49.8 Å². The van der Waals surface area contributed by atoms with E-state index in [-0.39, 0.29) is 18.1 Å². The van der Waals surface area contributed by atoms with E-state index in [1.807, 2.05) is 18.7 Å². The number of aliphatic carboxylic acids is 1. The van der Waals surface area contributed by atoms with Gasteiger partial charge in [-0.2, -0.15) is 0 Å². The lowest BCUT2D eigenvalue weighted by atomic mass is 9.92. The van der Waals surface area contributed by atoms with Gasteiger partial charge in [-0.05, 0) is 24.8 Å². The predicted octanol–water partition coefficient (Wildman–Crippen LogP) is 1.45. The monoisotopic (exact) mass is 229 g/mol. The minimum absolute atomic E-state index is 0.128. The van der Waals surface area contributed by atoms with Crippen molar-refractivity contribution in [2.24, 2.45) is 11.8 Å². The Balaban J connectivity index is 2.69. The molecule has 1 N–H and O–H groups in total. The van der Waals surface area contributed by atoms with Gasteiger partial charge >= 0.3 is 5.97 Å². The van der Waals surface area contributed by atoms with Crippen LogP contribution in [0.3, 0.4) is 0 Å². The molecule has 0 spiro atoms. The molecule has 1 saturated heterocycles. The third kappa shape index (κ3) is 2.95. The van der Waals surface area contributed by atoms with Crippen LogP contribution in [-0.2, 0) is 9.53 Å². The molecule has 0 aromatic carbocycles. The molecule has 0 amide bonds. The summed E-state index contributed by atoms with van der Waals surface area (Å²) in [6.45, 7) is 7.66. The van der Waals surface area contributed by atoms with Gasteiger partial charge in [0, 0.05) is 13.7 Å². The van der Waals surface area contributed by atoms with Gasteiger partial charge in [-0.3, -0.25) is 9.69 Å². The maximum Gasteiger partial charge on any atom is 0.321 e. The summed E-state index contributed by atoms with van der Waals surface area (Å²) in [4.78, 5) is 13.3. The minimum Gasteiger partial charge on any atom is -0.480 e. The summed E-state index contributed by atoms with van der Waals surface area (Å²) in [5.74, 6) is -0.0781. The molecule has 4 nitrogen and oxygen atoms in total. The molecule has 0 radical (unpaired) electrons. The summed E-state index contributed by atoms with van der Waals surface area (Å²) in [7, 11) is 1.70. The van der Waals surface area contributed by atoms with E-state index in [1.54, 1.807) is 7.11 Å². The van der Waals surface area contributed by atoms with Crippen molar-refractivity contribution < 1.29 is 14.6 Å². The van der Waals surface area contributed by atoms with Gasteiger partial charge in [0.2, 0.25) is 0 Å². The lowest BCUT2D eigenvalue weighted by Crippen LogP contribution is -2.53. The van der Waals surface area contributed by atoms with Gasteiger partial charge in [0.15, 0.2) is 0 Å². The van der Waals surface area contributed by atoms with Gasteiger partial charge in [-0.1, -0.05) is 20.8 Å². The highest BCUT2D eigenvalue weighted by atomic mass is 16.5. The standard InChI is InChI=1S/C12H23NO3/c1-8(2)11(12(14)15)13-6-5-9(3)10(7-13)16-4/h8-11H,5-7H2,1-4H3,(H,14,15). The summed E-state index contributed by atoms with van der Waals surface area (Å²) in [5.41, 5.74) is 0. The fourth-order valence-corrected chi connectivity index (χ4v) is 2.48. The first kappa shape index (κ1) is 13.5. The minimum atomic E-state index is -0.723. The zero-order valence-electron chi connectivity index (χ0n) is 10.6. The van der Waals surface area contributed by atoms with E-state index in [0.717, 1.165) is 19.5 Å². The number of carboxylic acid groups (broad SMARTS) is 1. The van der Waals surface area contributed by atoms with E-state index in [9.17, 15) is 9.90 Å². The highest BCUT2D eigenvalue weighted by Gasteiger charge is 2.34. The second-order valence-corrected chi connectivity index (χ2v) is 5.06. The van der Waals surface area contributed by atoms with Gasteiger partial charge < -0.3 is 9.84 Å². The average molecular weight is 229 g/mol. The molecule has 0 aliphatic carbocycles. The zero-order chi connectivity index (χ0) is 12.3. The Morgan fingerprint density at radius 1 is 1.50 bits per heavy atom. The first-order valence-electron chi connectivity index (χ1n) is 5.97. The van der Waals surface area contributed by atoms with Gasteiger partial charge in [0.25, 0.3) is 0 Å². The number of hydrogen-bond donors (Lipinski definition) is 1. The number of likely N-dealkylation sites (tertiary alicyclic amines) is 1. The van der Waals surface area contributed by atoms with Crippen LogP contribution in [0.5, 0.6) is 0 Å². The molecule has 94 valence electrons. The molecule has 0 saturated carbocycles. The van der Waals surface area contributed by atoms with Crippen LogP contribution in [0.15, 0.2) is 0 Å². The van der Waals surface area contributed by atoms with Crippen LogP contribution in [0, 0.1) is 11.8 Å². The van der Waals surface area contributed by atoms with E-state index in [1.165, 1.54) is 0 Å². The highest BCUT2D eigenvalue weighted by Crippen LogP contribution is 2.23. The van der Waals surface area contributed by atoms with E-state index in [0.29, 0.717) is 5.92 Å². The third-order valence-electron chi connectivity index (χ3n) is 3.50. The van der Waals surface area contributed by atoms with E-state index in [2.05, 4.69) is 6.92 Å². The molecule has 3 unspecified atom stereocenters. The molecule has 0 aromatic heterocycles. The normalized spacial score (nSPS) is 29.3. The number of carbonyl (C=O) groups is 1. The van der Waals surface area contributed by atoms with Gasteiger partial charge in [0.05, 0.1) is 6.10 Å². The van der Waals surface area contributed by atoms with Crippen molar-refractivity contribution in [1.29, 1.82) is 0 Å². The maximum absolute atomic E-state index is 11.2. The van der Waals surface area contributed by atoms with Crippen LogP contribution < -0.4 is 0 Å². The summed E-state index contributed by atoms with van der Waals surface area (Å²) in [6, 6.07) is -0.384. The number of methoxy groups -OCH3 is 1. The molecule has 1 fully saturated rings. The second-order valence-electron chi connectivity index (χ2n) is 5.06. The highest BCUT2D eigenvalue weighted by molar-refractivity contribution is 5.73. The van der Waals surface area contributed by atoms with Crippen LogP contribution in [0.1, 0.15) is 27.2 Å². The molecule has 1 aliphatic rings. The number of nitrogens with zero attached hydrogens (tertiary/aromatic N) is 1. The fraction of sp³-hybridized carbons (Fsp3) is 0.917. The molecular formula is C12H23NO3. The lowest BCUT2D eigenvalue weighted by molar-refractivity contribution is -0.147. The Kier molecular flexibility index (Phi) is 4.74. The molecular weight excluding hydrogens is 206 g/mol. The Hall–Kier alpha value is -0.610. The summed E-state index contributed by atoms with van der Waals surface area (Å²) in [6.07, 6.45) is 1.17. The smallest absolute Gasteiger partial charge is 0.321 e. The van der Waals surface area contributed by atoms with E-state index in [4.69, 9.17) is 4.74 Å². The third-order valence-corrected chi connectivity index (χ3v) is 3.50. The van der Waals surface area contributed by atoms with Crippen molar-refractivity contribution in [3.63, 3.8) is 0 Å². The SMILES string of the molecule is COC1CN(C(C(=O)O)C(C)C)CCC1C. The number of carboxylic acids is 1. The molecule has 3 atom stereocenters. The number of hydrogen-bond acceptors (Lipinski definition) is 3. The second kappa shape index (κ2) is 5.64. The molecule has 4 heteroatoms. The summed E-state index contributed by atoms with van der Waals surface area (Å²) >= 11 is 0. The van der Waals surface area contributed by atoms with Gasteiger partial charge in [-0.15, -0.1) is 0 Å². The number of ether oxygens (including phenoxy) is 1. The van der Waals surface area contributed by atoms with Gasteiger partial charge in [-0.25, -0.2) is 0 Å². The maximum atomic E-state index is 11.2. The molecule has 1 aliphatic heterocycles. The zero-order valence-corrected chi connectivity index (χ0v) is 10.6. The Labute approximate surface area is 97.6 Å². The summed E-state index contributed by atoms with van der Waals surface area (Å²) in [5, 5.41) is 9.24. The Morgan fingerprint density at radius 2 is 2.12 bits per heavy atom. The summed E-state index contributed by atoms with van der Waals surface area (Å²) < 4.78 is 5.41. The van der Waals surface area contributed by atoms with Crippen LogP contribution in [0.25, 0.3) is 0 Å². The quantitative estimate of drug-likeness (QED) is 0.792. The number of piperidine rings is 1. The van der Waals surface area contributed by atoms with Crippen molar-refractivity contribution in [2.45, 2.75) is 39.3 Å². The van der Waals surface area contributed by atoms with E-state index >= 15 is 0 Å². The van der Waals surface area contributed by atoms with Crippen molar-refractivity contribution in [2.75, 3.05) is 20.2 Å². The largest absolute Gasteiger partial charge is 0.480 e.